The van der Waals surface area contributed by atoms with Gasteiger partial charge in [0, 0.05) is 44.7 Å². The number of rotatable bonds is 5. The van der Waals surface area contributed by atoms with E-state index in [1.807, 2.05) is 4.90 Å². The topological polar surface area (TPSA) is 79.3 Å². The van der Waals surface area contributed by atoms with E-state index in [-0.39, 0.29) is 5.91 Å². The Morgan fingerprint density at radius 1 is 1.12 bits per heavy atom. The van der Waals surface area contributed by atoms with Crippen molar-refractivity contribution in [2.75, 3.05) is 40.4 Å². The predicted octanol–water partition coefficient (Wildman–Crippen LogP) is 1.38. The summed E-state index contributed by atoms with van der Waals surface area (Å²) in [6.45, 7) is 3.83. The zero-order valence-electron chi connectivity index (χ0n) is 14.3. The van der Waals surface area contributed by atoms with Crippen LogP contribution in [0.5, 0.6) is 11.5 Å². The maximum Gasteiger partial charge on any atom is 0.325 e. The highest BCUT2D eigenvalue weighted by atomic mass is 16.5. The van der Waals surface area contributed by atoms with Crippen molar-refractivity contribution in [1.82, 2.24) is 9.80 Å². The van der Waals surface area contributed by atoms with Crippen molar-refractivity contribution in [1.29, 1.82) is 0 Å². The van der Waals surface area contributed by atoms with Gasteiger partial charge in [-0.2, -0.15) is 0 Å². The third-order valence-electron chi connectivity index (χ3n) is 4.31. The van der Waals surface area contributed by atoms with Crippen molar-refractivity contribution in [3.63, 3.8) is 0 Å². The van der Waals surface area contributed by atoms with Crippen LogP contribution in [0.25, 0.3) is 0 Å². The minimum Gasteiger partial charge on any atom is -0.497 e. The van der Waals surface area contributed by atoms with Crippen LogP contribution in [0.2, 0.25) is 0 Å². The molecule has 7 nitrogen and oxygen atoms in total. The van der Waals surface area contributed by atoms with Gasteiger partial charge in [-0.25, -0.2) is 0 Å². The molecule has 24 heavy (non-hydrogen) atoms. The van der Waals surface area contributed by atoms with Crippen LogP contribution in [0, 0.1) is 0 Å². The van der Waals surface area contributed by atoms with E-state index >= 15 is 0 Å². The van der Waals surface area contributed by atoms with E-state index in [9.17, 15) is 14.7 Å². The largest absolute Gasteiger partial charge is 0.497 e. The number of aliphatic carboxylic acids is 1. The van der Waals surface area contributed by atoms with E-state index in [0.29, 0.717) is 43.2 Å². The lowest BCUT2D eigenvalue weighted by molar-refractivity contribution is -0.143. The first-order valence-electron chi connectivity index (χ1n) is 7.92. The Labute approximate surface area is 141 Å². The maximum absolute atomic E-state index is 11.9. The van der Waals surface area contributed by atoms with Crippen LogP contribution in [0.15, 0.2) is 18.2 Å². The first-order valence-corrected chi connectivity index (χ1v) is 7.92. The van der Waals surface area contributed by atoms with Gasteiger partial charge in [-0.3, -0.25) is 14.5 Å². The van der Waals surface area contributed by atoms with Gasteiger partial charge in [0.05, 0.1) is 14.2 Å². The van der Waals surface area contributed by atoms with Gasteiger partial charge in [-0.15, -0.1) is 0 Å². The van der Waals surface area contributed by atoms with E-state index in [2.05, 4.69) is 0 Å². The number of carboxylic acids is 1. The summed E-state index contributed by atoms with van der Waals surface area (Å²) in [5, 5.41) is 9.78. The third kappa shape index (κ3) is 3.97. The molecule has 1 aliphatic heterocycles. The Morgan fingerprint density at radius 2 is 1.88 bits per heavy atom. The molecule has 0 aromatic heterocycles. The predicted molar refractivity (Wildman–Crippen MR) is 88.4 cm³/mol. The number of nitrogens with zero attached hydrogens (tertiary/aromatic N) is 2. The van der Waals surface area contributed by atoms with Gasteiger partial charge >= 0.3 is 5.97 Å². The van der Waals surface area contributed by atoms with Gasteiger partial charge in [0.2, 0.25) is 5.91 Å². The highest BCUT2D eigenvalue weighted by Gasteiger charge is 2.31. The molecule has 1 aromatic carbocycles. The second kappa shape index (κ2) is 8.01. The lowest BCUT2D eigenvalue weighted by atomic mass is 10.0. The molecule has 1 aromatic rings. The molecule has 1 saturated heterocycles. The lowest BCUT2D eigenvalue weighted by Crippen LogP contribution is -2.38. The van der Waals surface area contributed by atoms with Crippen LogP contribution in [-0.2, 0) is 9.59 Å². The molecule has 1 atom stereocenters. The minimum absolute atomic E-state index is 0.0192. The third-order valence-corrected chi connectivity index (χ3v) is 4.31. The second-order valence-electron chi connectivity index (χ2n) is 5.74. The van der Waals surface area contributed by atoms with Gasteiger partial charge in [0.25, 0.3) is 0 Å². The van der Waals surface area contributed by atoms with E-state index < -0.39 is 12.0 Å². The van der Waals surface area contributed by atoms with Gasteiger partial charge < -0.3 is 19.5 Å². The molecule has 1 amide bonds. The Bertz CT molecular complexity index is 605. The lowest BCUT2D eigenvalue weighted by Gasteiger charge is -2.29. The SMILES string of the molecule is COc1ccc(C(C(=O)O)N2CCCN(C(C)=O)CC2)c(OC)c1. The number of carbonyl (C=O) groups is 2. The number of carboxylic acid groups (broad SMARTS) is 1. The number of hydrogen-bond acceptors (Lipinski definition) is 5. The van der Waals surface area contributed by atoms with Crippen molar-refractivity contribution >= 4 is 11.9 Å². The number of methoxy groups -OCH3 is 2. The van der Waals surface area contributed by atoms with E-state index in [1.165, 1.54) is 14.0 Å². The fourth-order valence-electron chi connectivity index (χ4n) is 3.04. The molecular weight excluding hydrogens is 312 g/mol. The highest BCUT2D eigenvalue weighted by molar-refractivity contribution is 5.77. The summed E-state index contributed by atoms with van der Waals surface area (Å²) in [6, 6.07) is 4.32. The van der Waals surface area contributed by atoms with E-state index in [4.69, 9.17) is 9.47 Å². The van der Waals surface area contributed by atoms with Crippen molar-refractivity contribution in [2.24, 2.45) is 0 Å². The van der Waals surface area contributed by atoms with Gasteiger partial charge in [0.15, 0.2) is 0 Å². The molecule has 0 spiro atoms. The Balaban J connectivity index is 2.30. The molecule has 0 bridgehead atoms. The summed E-state index contributed by atoms with van der Waals surface area (Å²) in [5.74, 6) is 0.174. The Morgan fingerprint density at radius 3 is 2.46 bits per heavy atom. The number of amides is 1. The summed E-state index contributed by atoms with van der Waals surface area (Å²) in [6.07, 6.45) is 0.738. The van der Waals surface area contributed by atoms with Crippen molar-refractivity contribution in [3.05, 3.63) is 23.8 Å². The van der Waals surface area contributed by atoms with Crippen molar-refractivity contribution < 1.29 is 24.2 Å². The highest BCUT2D eigenvalue weighted by Crippen LogP contribution is 2.33. The fraction of sp³-hybridized carbons (Fsp3) is 0.529. The van der Waals surface area contributed by atoms with Crippen molar-refractivity contribution in [2.45, 2.75) is 19.4 Å². The van der Waals surface area contributed by atoms with E-state index in [1.54, 1.807) is 30.2 Å². The molecule has 2 rings (SSSR count). The summed E-state index contributed by atoms with van der Waals surface area (Å²) < 4.78 is 10.5. The van der Waals surface area contributed by atoms with Crippen LogP contribution in [0.4, 0.5) is 0 Å². The number of carbonyl (C=O) groups excluding carboxylic acids is 1. The molecule has 0 saturated carbocycles. The Kier molecular flexibility index (Phi) is 6.03. The monoisotopic (exact) mass is 336 g/mol. The van der Waals surface area contributed by atoms with Gasteiger partial charge in [-0.05, 0) is 18.6 Å². The maximum atomic E-state index is 11.9. The first kappa shape index (κ1) is 18.1. The smallest absolute Gasteiger partial charge is 0.325 e. The van der Waals surface area contributed by atoms with Crippen LogP contribution < -0.4 is 9.47 Å². The van der Waals surface area contributed by atoms with Crippen LogP contribution in [0.1, 0.15) is 24.9 Å². The quantitative estimate of drug-likeness (QED) is 0.875. The number of benzene rings is 1. The van der Waals surface area contributed by atoms with Crippen LogP contribution in [-0.4, -0.2) is 67.2 Å². The molecular formula is C17H24N2O5. The number of ether oxygens (including phenoxy) is 2. The summed E-state index contributed by atoms with van der Waals surface area (Å²) >= 11 is 0. The van der Waals surface area contributed by atoms with Crippen molar-refractivity contribution in [3.8, 4) is 11.5 Å². The zero-order chi connectivity index (χ0) is 17.7. The Hall–Kier alpha value is -2.28. The molecule has 7 heteroatoms. The van der Waals surface area contributed by atoms with Gasteiger partial charge in [-0.1, -0.05) is 0 Å². The zero-order valence-corrected chi connectivity index (χ0v) is 14.3. The second-order valence-corrected chi connectivity index (χ2v) is 5.74. The summed E-state index contributed by atoms with van der Waals surface area (Å²) in [7, 11) is 3.06. The molecule has 1 N–H and O–H groups in total. The average Bonchev–Trinajstić information content (AvgIpc) is 2.81. The normalized spacial score (nSPS) is 17.0. The van der Waals surface area contributed by atoms with Gasteiger partial charge in [0.1, 0.15) is 17.5 Å². The average molecular weight is 336 g/mol. The van der Waals surface area contributed by atoms with Crippen LogP contribution in [0.3, 0.4) is 0 Å². The summed E-state index contributed by atoms with van der Waals surface area (Å²) in [5.41, 5.74) is 0.585. The standard InChI is InChI=1S/C17H24N2O5/c1-12(20)18-7-4-8-19(10-9-18)16(17(21)22)14-6-5-13(23-2)11-15(14)24-3/h5-6,11,16H,4,7-10H2,1-3H3,(H,21,22). The molecule has 1 fully saturated rings. The molecule has 1 heterocycles. The molecule has 0 radical (unpaired) electrons. The molecule has 1 unspecified atom stereocenters. The first-order chi connectivity index (χ1) is 11.5. The fourth-order valence-corrected chi connectivity index (χ4v) is 3.04. The molecule has 1 aliphatic rings. The van der Waals surface area contributed by atoms with E-state index in [0.717, 1.165) is 6.42 Å². The molecule has 0 aliphatic carbocycles. The molecule has 132 valence electrons. The number of hydrogen-bond donors (Lipinski definition) is 1. The van der Waals surface area contributed by atoms with Crippen LogP contribution >= 0.6 is 0 Å². The summed E-state index contributed by atoms with van der Waals surface area (Å²) in [4.78, 5) is 27.1. The minimum atomic E-state index is -0.935.